The number of methoxy groups -OCH3 is 1. The van der Waals surface area contributed by atoms with Crippen LogP contribution in [-0.4, -0.2) is 20.1 Å². The maximum Gasteiger partial charge on any atom is 0.255 e. The first-order valence-corrected chi connectivity index (χ1v) is 6.58. The minimum Gasteiger partial charge on any atom is -0.494 e. The third kappa shape index (κ3) is 2.20. The number of para-hydroxylation sites is 1. The fraction of sp³-hybridized carbons (Fsp3) is 0.188. The molecule has 21 heavy (non-hydrogen) atoms. The van der Waals surface area contributed by atoms with E-state index in [1.807, 2.05) is 30.1 Å². The summed E-state index contributed by atoms with van der Waals surface area (Å²) >= 11 is 0. The van der Waals surface area contributed by atoms with Gasteiger partial charge in [0, 0.05) is 7.05 Å². The molecule has 5 heteroatoms. The van der Waals surface area contributed by atoms with E-state index < -0.39 is 12.0 Å². The monoisotopic (exact) mass is 286 g/mol. The van der Waals surface area contributed by atoms with E-state index in [-0.39, 0.29) is 11.7 Å². The van der Waals surface area contributed by atoms with Crippen molar-refractivity contribution in [1.82, 2.24) is 5.32 Å². The second-order valence-electron chi connectivity index (χ2n) is 4.90. The van der Waals surface area contributed by atoms with Crippen molar-refractivity contribution in [2.75, 3.05) is 19.1 Å². The number of hydrogen-bond acceptors (Lipinski definition) is 3. The van der Waals surface area contributed by atoms with Crippen LogP contribution in [0.3, 0.4) is 0 Å². The van der Waals surface area contributed by atoms with Crippen LogP contribution in [-0.2, 0) is 0 Å². The van der Waals surface area contributed by atoms with Gasteiger partial charge < -0.3 is 15.0 Å². The zero-order chi connectivity index (χ0) is 15.0. The highest BCUT2D eigenvalue weighted by molar-refractivity contribution is 6.01. The molecule has 0 fully saturated rings. The Bertz CT molecular complexity index is 702. The number of amides is 1. The number of nitrogens with zero attached hydrogens (tertiary/aromatic N) is 1. The van der Waals surface area contributed by atoms with Gasteiger partial charge in [0.1, 0.15) is 6.17 Å². The molecule has 1 heterocycles. The molecule has 2 aromatic carbocycles. The number of carbonyl (C=O) groups is 1. The second kappa shape index (κ2) is 5.09. The van der Waals surface area contributed by atoms with Crippen molar-refractivity contribution in [2.45, 2.75) is 6.17 Å². The van der Waals surface area contributed by atoms with Gasteiger partial charge in [0.25, 0.3) is 5.91 Å². The van der Waals surface area contributed by atoms with E-state index in [1.165, 1.54) is 13.2 Å². The van der Waals surface area contributed by atoms with Gasteiger partial charge in [0.2, 0.25) is 0 Å². The molecule has 1 aliphatic heterocycles. The third-order valence-electron chi connectivity index (χ3n) is 3.68. The van der Waals surface area contributed by atoms with Crippen molar-refractivity contribution < 1.29 is 13.9 Å². The largest absolute Gasteiger partial charge is 0.494 e. The number of hydrogen-bond donors (Lipinski definition) is 1. The van der Waals surface area contributed by atoms with Crippen molar-refractivity contribution in [3.8, 4) is 5.75 Å². The highest BCUT2D eigenvalue weighted by Gasteiger charge is 2.29. The molecule has 1 N–H and O–H groups in total. The molecule has 1 unspecified atom stereocenters. The number of anilines is 1. The molecule has 2 aromatic rings. The summed E-state index contributed by atoms with van der Waals surface area (Å²) < 4.78 is 18.8. The molecule has 3 rings (SSSR count). The van der Waals surface area contributed by atoms with Crippen LogP contribution in [0.5, 0.6) is 5.75 Å². The van der Waals surface area contributed by atoms with Gasteiger partial charge in [-0.05, 0) is 29.8 Å². The Morgan fingerprint density at radius 3 is 2.71 bits per heavy atom. The average Bonchev–Trinajstić information content (AvgIpc) is 2.51. The lowest BCUT2D eigenvalue weighted by Gasteiger charge is -2.36. The molecule has 0 aliphatic carbocycles. The second-order valence-corrected chi connectivity index (χ2v) is 4.90. The Hall–Kier alpha value is -2.56. The molecule has 1 aliphatic rings. The van der Waals surface area contributed by atoms with Crippen molar-refractivity contribution in [3.63, 3.8) is 0 Å². The zero-order valence-corrected chi connectivity index (χ0v) is 11.8. The highest BCUT2D eigenvalue weighted by Crippen LogP contribution is 2.32. The van der Waals surface area contributed by atoms with Crippen molar-refractivity contribution in [1.29, 1.82) is 0 Å². The smallest absolute Gasteiger partial charge is 0.255 e. The van der Waals surface area contributed by atoms with E-state index in [0.717, 1.165) is 5.69 Å². The minimum absolute atomic E-state index is 0.162. The van der Waals surface area contributed by atoms with E-state index in [1.54, 1.807) is 18.2 Å². The molecule has 0 radical (unpaired) electrons. The summed E-state index contributed by atoms with van der Waals surface area (Å²) in [6.45, 7) is 0. The Morgan fingerprint density at radius 2 is 2.00 bits per heavy atom. The van der Waals surface area contributed by atoms with Crippen LogP contribution in [0, 0.1) is 5.82 Å². The van der Waals surface area contributed by atoms with Gasteiger partial charge in [-0.25, -0.2) is 4.39 Å². The van der Waals surface area contributed by atoms with Crippen LogP contribution in [0.4, 0.5) is 10.1 Å². The first-order chi connectivity index (χ1) is 10.1. The molecule has 0 spiro atoms. The van der Waals surface area contributed by atoms with Crippen LogP contribution in [0.25, 0.3) is 0 Å². The van der Waals surface area contributed by atoms with Crippen molar-refractivity contribution in [3.05, 3.63) is 59.4 Å². The number of fused-ring (bicyclic) bond motifs is 1. The van der Waals surface area contributed by atoms with Crippen LogP contribution in [0.2, 0.25) is 0 Å². The average molecular weight is 286 g/mol. The molecule has 4 nitrogen and oxygen atoms in total. The molecular weight excluding hydrogens is 271 g/mol. The molecule has 108 valence electrons. The normalized spacial score (nSPS) is 17.2. The topological polar surface area (TPSA) is 41.6 Å². The lowest BCUT2D eigenvalue weighted by molar-refractivity contribution is 0.0928. The van der Waals surface area contributed by atoms with Gasteiger partial charge >= 0.3 is 0 Å². The maximum absolute atomic E-state index is 13.9. The van der Waals surface area contributed by atoms with E-state index in [2.05, 4.69) is 5.32 Å². The number of carbonyl (C=O) groups excluding carboxylic acids is 1. The fourth-order valence-corrected chi connectivity index (χ4v) is 2.57. The lowest BCUT2D eigenvalue weighted by Crippen LogP contribution is -2.44. The minimum atomic E-state index is -0.448. The fourth-order valence-electron chi connectivity index (χ4n) is 2.57. The molecule has 1 atom stereocenters. The van der Waals surface area contributed by atoms with E-state index >= 15 is 0 Å². The third-order valence-corrected chi connectivity index (χ3v) is 3.68. The summed E-state index contributed by atoms with van der Waals surface area (Å²) in [6.07, 6.45) is -0.409. The molecule has 0 saturated carbocycles. The van der Waals surface area contributed by atoms with Crippen molar-refractivity contribution >= 4 is 11.6 Å². The Morgan fingerprint density at radius 1 is 1.24 bits per heavy atom. The molecule has 0 bridgehead atoms. The quantitative estimate of drug-likeness (QED) is 0.923. The number of rotatable bonds is 2. The van der Waals surface area contributed by atoms with Gasteiger partial charge in [0.15, 0.2) is 11.6 Å². The van der Waals surface area contributed by atoms with Gasteiger partial charge in [0.05, 0.1) is 18.4 Å². The summed E-state index contributed by atoms with van der Waals surface area (Å²) in [5, 5.41) is 2.88. The Labute approximate surface area is 122 Å². The van der Waals surface area contributed by atoms with Crippen LogP contribution >= 0.6 is 0 Å². The Kier molecular flexibility index (Phi) is 3.25. The van der Waals surface area contributed by atoms with E-state index in [9.17, 15) is 9.18 Å². The molecule has 0 saturated heterocycles. The van der Waals surface area contributed by atoms with Crippen LogP contribution in [0.15, 0.2) is 42.5 Å². The number of benzene rings is 2. The predicted octanol–water partition coefficient (Wildman–Crippen LogP) is 2.71. The van der Waals surface area contributed by atoms with Gasteiger partial charge in [-0.15, -0.1) is 0 Å². The molecule has 1 amide bonds. The summed E-state index contributed by atoms with van der Waals surface area (Å²) in [5.74, 6) is -0.426. The number of ether oxygens (including phenoxy) is 1. The summed E-state index contributed by atoms with van der Waals surface area (Å²) in [6, 6.07) is 12.0. The zero-order valence-electron chi connectivity index (χ0n) is 11.8. The number of halogens is 1. The van der Waals surface area contributed by atoms with Gasteiger partial charge in [-0.3, -0.25) is 4.79 Å². The van der Waals surface area contributed by atoms with Gasteiger partial charge in [-0.2, -0.15) is 0 Å². The summed E-state index contributed by atoms with van der Waals surface area (Å²) in [7, 11) is 3.29. The first kappa shape index (κ1) is 13.4. The highest BCUT2D eigenvalue weighted by atomic mass is 19.1. The molecular formula is C16H15FN2O2. The van der Waals surface area contributed by atoms with E-state index in [4.69, 9.17) is 4.74 Å². The standard InChI is InChI=1S/C16H15FN2O2/c1-19-13-6-4-3-5-11(13)16(20)18-15(19)10-7-8-14(21-2)12(17)9-10/h3-9,15H,1-2H3,(H,18,20). The first-order valence-electron chi connectivity index (χ1n) is 6.58. The summed E-state index contributed by atoms with van der Waals surface area (Å²) in [4.78, 5) is 14.1. The van der Waals surface area contributed by atoms with Gasteiger partial charge in [-0.1, -0.05) is 18.2 Å². The predicted molar refractivity (Wildman–Crippen MR) is 78.0 cm³/mol. The van der Waals surface area contributed by atoms with Crippen LogP contribution < -0.4 is 15.0 Å². The van der Waals surface area contributed by atoms with Crippen molar-refractivity contribution in [2.24, 2.45) is 0 Å². The molecule has 0 aromatic heterocycles. The summed E-state index contributed by atoms with van der Waals surface area (Å²) in [5.41, 5.74) is 2.10. The van der Waals surface area contributed by atoms with E-state index in [0.29, 0.717) is 11.1 Å². The Balaban J connectivity index is 2.01. The maximum atomic E-state index is 13.9. The lowest BCUT2D eigenvalue weighted by atomic mass is 10.0. The van der Waals surface area contributed by atoms with Crippen LogP contribution in [0.1, 0.15) is 22.1 Å². The SMILES string of the molecule is COc1ccc(C2NC(=O)c3ccccc3N2C)cc1F. The number of nitrogens with one attached hydrogen (secondary N) is 1.